The number of hydrogen-bond donors (Lipinski definition) is 2. The lowest BCUT2D eigenvalue weighted by molar-refractivity contribution is -0.152. The van der Waals surface area contributed by atoms with Crippen LogP contribution in [0.5, 0.6) is 0 Å². The quantitative estimate of drug-likeness (QED) is 0.180. The van der Waals surface area contributed by atoms with E-state index in [0.29, 0.717) is 31.1 Å². The van der Waals surface area contributed by atoms with Crippen LogP contribution in [-0.2, 0) is 38.7 Å². The van der Waals surface area contributed by atoms with E-state index in [1.807, 2.05) is 0 Å². The molecule has 1 unspecified atom stereocenters. The lowest BCUT2D eigenvalue weighted by atomic mass is 9.47. The summed E-state index contributed by atoms with van der Waals surface area (Å²) in [6.45, 7) is 12.4. The van der Waals surface area contributed by atoms with Crippen molar-refractivity contribution in [3.63, 3.8) is 0 Å². The number of esters is 1. The fourth-order valence-electron chi connectivity index (χ4n) is 9.33. The van der Waals surface area contributed by atoms with Crippen molar-refractivity contribution in [2.75, 3.05) is 0 Å². The zero-order valence-corrected chi connectivity index (χ0v) is 26.7. The molecule has 4 rings (SSSR count). The Kier molecular flexibility index (Phi) is 9.46. The van der Waals surface area contributed by atoms with Crippen LogP contribution in [0.2, 0.25) is 0 Å². The van der Waals surface area contributed by atoms with E-state index in [9.17, 15) is 30.7 Å². The SMILES string of the molecule is CC(=O)O[C@H](CCC(C)C)[C@@H](C)[C@H]1CC[C@H]2[C@@H]3C[C@H](OS(=O)(=O)O)C4C[C@@H](OS(=O)(=O)O)CC[C@]4(C)C3=CC[C@]12C. The molecule has 12 heteroatoms. The average molecular weight is 621 g/mol. The molecule has 0 radical (unpaired) electrons. The number of allylic oxidation sites excluding steroid dienone is 2. The highest BCUT2D eigenvalue weighted by atomic mass is 32.3. The highest BCUT2D eigenvalue weighted by molar-refractivity contribution is 7.81. The summed E-state index contributed by atoms with van der Waals surface area (Å²) in [6.07, 6.45) is 6.56. The number of carbonyl (C=O) groups excluding carboxylic acids is 1. The minimum absolute atomic E-state index is 0.0424. The molecule has 4 aliphatic carbocycles. The molecule has 236 valence electrons. The van der Waals surface area contributed by atoms with Gasteiger partial charge in [0, 0.05) is 6.92 Å². The van der Waals surface area contributed by atoms with Crippen LogP contribution in [0.1, 0.15) is 99.3 Å². The fraction of sp³-hybridized carbons (Fsp3) is 0.897. The number of rotatable bonds is 10. The maximum absolute atomic E-state index is 12.0. The molecule has 0 aromatic heterocycles. The summed E-state index contributed by atoms with van der Waals surface area (Å²) >= 11 is 0. The smallest absolute Gasteiger partial charge is 0.397 e. The maximum atomic E-state index is 12.0. The van der Waals surface area contributed by atoms with Gasteiger partial charge >= 0.3 is 26.8 Å². The normalized spacial score (nSPS) is 38.8. The van der Waals surface area contributed by atoms with Gasteiger partial charge in [0.25, 0.3) is 0 Å². The topological polar surface area (TPSA) is 154 Å². The van der Waals surface area contributed by atoms with Crippen molar-refractivity contribution in [3.05, 3.63) is 11.6 Å². The molecule has 0 spiro atoms. The zero-order chi connectivity index (χ0) is 30.5. The summed E-state index contributed by atoms with van der Waals surface area (Å²) in [5, 5.41) is 0. The second-order valence-electron chi connectivity index (χ2n) is 14.0. The molecule has 0 aromatic carbocycles. The molecular formula is C29H48O10S2. The van der Waals surface area contributed by atoms with Crippen molar-refractivity contribution < 1.29 is 43.8 Å². The predicted octanol–water partition coefficient (Wildman–Crippen LogP) is 5.56. The van der Waals surface area contributed by atoms with Crippen LogP contribution < -0.4 is 0 Å². The molecule has 0 aromatic rings. The van der Waals surface area contributed by atoms with Crippen LogP contribution in [0.15, 0.2) is 11.6 Å². The molecule has 3 saturated carbocycles. The van der Waals surface area contributed by atoms with Crippen LogP contribution in [0.4, 0.5) is 0 Å². The Morgan fingerprint density at radius 3 is 2.22 bits per heavy atom. The van der Waals surface area contributed by atoms with Gasteiger partial charge in [-0.2, -0.15) is 16.8 Å². The molecule has 4 aliphatic rings. The lowest BCUT2D eigenvalue weighted by Gasteiger charge is -2.59. The monoisotopic (exact) mass is 620 g/mol. The van der Waals surface area contributed by atoms with Crippen molar-refractivity contribution in [1.29, 1.82) is 0 Å². The van der Waals surface area contributed by atoms with Gasteiger partial charge in [0.2, 0.25) is 0 Å². The maximum Gasteiger partial charge on any atom is 0.397 e. The Morgan fingerprint density at radius 1 is 0.976 bits per heavy atom. The first-order valence-corrected chi connectivity index (χ1v) is 17.8. The minimum Gasteiger partial charge on any atom is -0.462 e. The first kappa shape index (κ1) is 32.9. The molecule has 3 fully saturated rings. The van der Waals surface area contributed by atoms with Crippen LogP contribution in [0.25, 0.3) is 0 Å². The lowest BCUT2D eigenvalue weighted by Crippen LogP contribution is -2.55. The standard InChI is InChI=1S/C29H48O10S2/c1-17(2)7-10-26(37-19(4)30)18(3)22-8-9-23-21-16-27(39-41(34,35)36)25-15-20(38-40(31,32)33)11-13-29(25,6)24(21)12-14-28(22,23)5/h12,17-18,20-23,25-27H,7-11,13-16H2,1-6H3,(H,31,32,33)(H,34,35,36)/t18-,20-,21-,22+,23-,25?,26+,27-,28+,29+/m0/s1. The Morgan fingerprint density at radius 2 is 1.63 bits per heavy atom. The molecule has 0 aliphatic heterocycles. The number of ether oxygens (including phenoxy) is 1. The van der Waals surface area contributed by atoms with E-state index in [1.54, 1.807) is 0 Å². The first-order chi connectivity index (χ1) is 18.8. The molecule has 0 saturated heterocycles. The molecule has 2 N–H and O–H groups in total. The first-order valence-electron chi connectivity index (χ1n) is 15.0. The van der Waals surface area contributed by atoms with Crippen molar-refractivity contribution in [1.82, 2.24) is 0 Å². The Hall–Kier alpha value is -1.05. The molecular weight excluding hydrogens is 572 g/mol. The molecule has 10 atom stereocenters. The van der Waals surface area contributed by atoms with E-state index in [4.69, 9.17) is 13.1 Å². The van der Waals surface area contributed by atoms with E-state index in [-0.39, 0.29) is 41.7 Å². The van der Waals surface area contributed by atoms with Crippen LogP contribution in [0, 0.1) is 46.3 Å². The summed E-state index contributed by atoms with van der Waals surface area (Å²) in [5.74, 6) is 0.593. The summed E-state index contributed by atoms with van der Waals surface area (Å²) in [4.78, 5) is 12.0. The van der Waals surface area contributed by atoms with Crippen LogP contribution in [0.3, 0.4) is 0 Å². The zero-order valence-electron chi connectivity index (χ0n) is 25.1. The second kappa shape index (κ2) is 11.8. The van der Waals surface area contributed by atoms with Gasteiger partial charge in [-0.3, -0.25) is 13.9 Å². The van der Waals surface area contributed by atoms with E-state index in [2.05, 4.69) is 40.7 Å². The van der Waals surface area contributed by atoms with E-state index in [1.165, 1.54) is 12.5 Å². The molecule has 0 amide bonds. The summed E-state index contributed by atoms with van der Waals surface area (Å²) in [6, 6.07) is 0. The van der Waals surface area contributed by atoms with Crippen molar-refractivity contribution >= 4 is 26.8 Å². The summed E-state index contributed by atoms with van der Waals surface area (Å²) in [7, 11) is -9.44. The molecule has 0 bridgehead atoms. The van der Waals surface area contributed by atoms with Gasteiger partial charge in [0.05, 0.1) is 12.2 Å². The third-order valence-corrected chi connectivity index (χ3v) is 12.1. The fourth-order valence-corrected chi connectivity index (χ4v) is 10.4. The molecule has 0 heterocycles. The number of fused-ring (bicyclic) bond motifs is 5. The predicted molar refractivity (Wildman–Crippen MR) is 152 cm³/mol. The average Bonchev–Trinajstić information content (AvgIpc) is 3.17. The van der Waals surface area contributed by atoms with Gasteiger partial charge in [-0.05, 0) is 104 Å². The van der Waals surface area contributed by atoms with Gasteiger partial charge in [0.15, 0.2) is 0 Å². The van der Waals surface area contributed by atoms with Gasteiger partial charge < -0.3 is 4.74 Å². The van der Waals surface area contributed by atoms with Gasteiger partial charge in [0.1, 0.15) is 6.10 Å². The third-order valence-electron chi connectivity index (χ3n) is 11.1. The third kappa shape index (κ3) is 7.03. The second-order valence-corrected chi connectivity index (χ2v) is 16.1. The Balaban J connectivity index is 1.65. The number of carbonyl (C=O) groups is 1. The van der Waals surface area contributed by atoms with Crippen molar-refractivity contribution in [2.24, 2.45) is 46.3 Å². The Labute approximate surface area is 245 Å². The van der Waals surface area contributed by atoms with E-state index < -0.39 is 44.3 Å². The van der Waals surface area contributed by atoms with Crippen LogP contribution in [-0.4, -0.2) is 50.2 Å². The summed E-state index contributed by atoms with van der Waals surface area (Å²) < 4.78 is 81.8. The summed E-state index contributed by atoms with van der Waals surface area (Å²) in [5.41, 5.74) is 0.705. The van der Waals surface area contributed by atoms with Crippen molar-refractivity contribution in [3.8, 4) is 0 Å². The van der Waals surface area contributed by atoms with Gasteiger partial charge in [-0.15, -0.1) is 0 Å². The molecule has 10 nitrogen and oxygen atoms in total. The van der Waals surface area contributed by atoms with E-state index >= 15 is 0 Å². The highest BCUT2D eigenvalue weighted by Crippen LogP contribution is 2.67. The van der Waals surface area contributed by atoms with Crippen LogP contribution >= 0.6 is 0 Å². The Bertz CT molecular complexity index is 1230. The minimum atomic E-state index is -4.77. The van der Waals surface area contributed by atoms with Gasteiger partial charge in [-0.1, -0.05) is 46.3 Å². The molecule has 41 heavy (non-hydrogen) atoms. The van der Waals surface area contributed by atoms with Crippen molar-refractivity contribution in [2.45, 2.75) is 118 Å². The van der Waals surface area contributed by atoms with E-state index in [0.717, 1.165) is 32.1 Å². The van der Waals surface area contributed by atoms with Gasteiger partial charge in [-0.25, -0.2) is 8.37 Å². The highest BCUT2D eigenvalue weighted by Gasteiger charge is 2.61. The number of hydrogen-bond acceptors (Lipinski definition) is 8. The largest absolute Gasteiger partial charge is 0.462 e.